The highest BCUT2D eigenvalue weighted by atomic mass is 16.7. The second kappa shape index (κ2) is 10.4. The molecule has 0 saturated carbocycles. The van der Waals surface area contributed by atoms with Crippen LogP contribution in [0.15, 0.2) is 18.2 Å². The van der Waals surface area contributed by atoms with E-state index in [1.165, 1.54) is 0 Å². The van der Waals surface area contributed by atoms with Crippen molar-refractivity contribution < 1.29 is 69.7 Å². The third-order valence-corrected chi connectivity index (χ3v) is 5.37. The molecule has 0 radical (unpaired) electrons. The largest absolute Gasteiger partial charge is 0.478 e. The fourth-order valence-electron chi connectivity index (χ4n) is 3.41. The Bertz CT molecular complexity index is 816. The van der Waals surface area contributed by atoms with Gasteiger partial charge in [-0.2, -0.15) is 0 Å². The maximum Gasteiger partial charge on any atom is 0.335 e. The van der Waals surface area contributed by atoms with Crippen molar-refractivity contribution in [2.24, 2.45) is 0 Å². The molecule has 2 unspecified atom stereocenters. The Hall–Kier alpha value is -2.11. The molecule has 0 bridgehead atoms. The van der Waals surface area contributed by atoms with Crippen LogP contribution in [-0.4, -0.2) is 127 Å². The van der Waals surface area contributed by atoms with Crippen molar-refractivity contribution in [1.29, 1.82) is 0 Å². The maximum atomic E-state index is 11.4. The van der Waals surface area contributed by atoms with Crippen molar-refractivity contribution >= 4 is 5.97 Å². The number of aromatic carboxylic acids is 1. The van der Waals surface area contributed by atoms with Crippen LogP contribution in [0.25, 0.3) is 0 Å². The first-order valence-electron chi connectivity index (χ1n) is 9.90. The second-order valence-corrected chi connectivity index (χ2v) is 7.60. The molecule has 0 spiro atoms. The van der Waals surface area contributed by atoms with Crippen LogP contribution in [0.4, 0.5) is 0 Å². The van der Waals surface area contributed by atoms with Crippen LogP contribution in [0.5, 0.6) is 11.5 Å². The highest BCUT2D eigenvalue weighted by Gasteiger charge is 2.46. The van der Waals surface area contributed by atoms with Crippen molar-refractivity contribution in [3.05, 3.63) is 23.8 Å². The molecule has 2 aliphatic heterocycles. The SMILES string of the molecule is O=C(O)c1ccc(OC2O[C@H](CO)[C@@H](O)[C@H](O)[C@H]2O)c(OC2O[C@H](CO)[C@@H](O)[C@H](O)[C@H]2O)c1. The van der Waals surface area contributed by atoms with Crippen LogP contribution in [0.1, 0.15) is 10.4 Å². The minimum absolute atomic E-state index is 0.263. The molecule has 0 aliphatic carbocycles. The quantitative estimate of drug-likeness (QED) is 0.180. The summed E-state index contributed by atoms with van der Waals surface area (Å²) >= 11 is 0. The average Bonchev–Trinajstić information content (AvgIpc) is 2.80. The van der Waals surface area contributed by atoms with E-state index in [0.717, 1.165) is 18.2 Å². The van der Waals surface area contributed by atoms with E-state index in [-0.39, 0.29) is 17.1 Å². The summed E-state index contributed by atoms with van der Waals surface area (Å²) in [5, 5.41) is 87.9. The number of ether oxygens (including phenoxy) is 4. The number of carbonyl (C=O) groups is 1. The third-order valence-electron chi connectivity index (χ3n) is 5.37. The summed E-state index contributed by atoms with van der Waals surface area (Å²) < 4.78 is 21.5. The molecule has 2 heterocycles. The van der Waals surface area contributed by atoms with Crippen molar-refractivity contribution in [2.45, 2.75) is 61.4 Å². The lowest BCUT2D eigenvalue weighted by Crippen LogP contribution is -2.60. The molecular formula is C19H26O14. The number of benzene rings is 1. The Morgan fingerprint density at radius 2 is 1.18 bits per heavy atom. The van der Waals surface area contributed by atoms with Crippen LogP contribution >= 0.6 is 0 Å². The summed E-state index contributed by atoms with van der Waals surface area (Å²) in [5.74, 6) is -1.98. The summed E-state index contributed by atoms with van der Waals surface area (Å²) in [4.78, 5) is 11.4. The summed E-state index contributed by atoms with van der Waals surface area (Å²) in [6, 6.07) is 3.20. The zero-order valence-corrected chi connectivity index (χ0v) is 17.0. The fraction of sp³-hybridized carbons (Fsp3) is 0.632. The van der Waals surface area contributed by atoms with Crippen molar-refractivity contribution in [2.75, 3.05) is 13.2 Å². The Labute approximate surface area is 186 Å². The van der Waals surface area contributed by atoms with Gasteiger partial charge in [0.1, 0.15) is 48.8 Å². The van der Waals surface area contributed by atoms with Gasteiger partial charge in [-0.1, -0.05) is 0 Å². The van der Waals surface area contributed by atoms with E-state index in [9.17, 15) is 50.8 Å². The van der Waals surface area contributed by atoms with Gasteiger partial charge in [-0.05, 0) is 18.2 Å². The Kier molecular flexibility index (Phi) is 8.07. The van der Waals surface area contributed by atoms with Gasteiger partial charge in [-0.3, -0.25) is 0 Å². The summed E-state index contributed by atoms with van der Waals surface area (Å²) in [5.41, 5.74) is -0.282. The smallest absolute Gasteiger partial charge is 0.335 e. The first kappa shape index (κ1) is 25.5. The molecule has 1 aromatic rings. The van der Waals surface area contributed by atoms with E-state index >= 15 is 0 Å². The number of aliphatic hydroxyl groups is 8. The normalized spacial score (nSPS) is 39.2. The first-order chi connectivity index (χ1) is 15.6. The summed E-state index contributed by atoms with van der Waals surface area (Å²) in [6.07, 6.45) is -16.3. The van der Waals surface area contributed by atoms with E-state index in [0.29, 0.717) is 0 Å². The third kappa shape index (κ3) is 5.20. The maximum absolute atomic E-state index is 11.4. The van der Waals surface area contributed by atoms with E-state index in [1.54, 1.807) is 0 Å². The lowest BCUT2D eigenvalue weighted by Gasteiger charge is -2.40. The van der Waals surface area contributed by atoms with E-state index in [4.69, 9.17) is 18.9 Å². The minimum atomic E-state index is -1.81. The monoisotopic (exact) mass is 478 g/mol. The van der Waals surface area contributed by atoms with Gasteiger partial charge in [0.2, 0.25) is 12.6 Å². The molecule has 14 nitrogen and oxygen atoms in total. The van der Waals surface area contributed by atoms with Gasteiger partial charge in [-0.15, -0.1) is 0 Å². The molecule has 33 heavy (non-hydrogen) atoms. The molecule has 14 heteroatoms. The second-order valence-electron chi connectivity index (χ2n) is 7.60. The standard InChI is InChI=1S/C19H26O14/c20-4-9-11(22)13(24)15(26)18(32-9)30-7-2-1-6(17(28)29)3-8(7)31-19-16(27)14(25)12(23)10(5-21)33-19/h1-3,9-16,18-27H,4-5H2,(H,28,29)/t9-,10-,11-,12-,13+,14+,15-,16-,18?,19?/m1/s1. The van der Waals surface area contributed by atoms with Crippen molar-refractivity contribution in [1.82, 2.24) is 0 Å². The lowest BCUT2D eigenvalue weighted by atomic mass is 9.99. The molecule has 9 N–H and O–H groups in total. The number of hydrogen-bond donors (Lipinski definition) is 9. The fourth-order valence-corrected chi connectivity index (χ4v) is 3.41. The van der Waals surface area contributed by atoms with Crippen molar-refractivity contribution in [3.63, 3.8) is 0 Å². The summed E-state index contributed by atoms with van der Waals surface area (Å²) in [7, 11) is 0. The van der Waals surface area contributed by atoms with Gasteiger partial charge < -0.3 is 64.9 Å². The highest BCUT2D eigenvalue weighted by Crippen LogP contribution is 2.35. The van der Waals surface area contributed by atoms with Crippen molar-refractivity contribution in [3.8, 4) is 11.5 Å². The average molecular weight is 478 g/mol. The number of carboxylic acid groups (broad SMARTS) is 1. The lowest BCUT2D eigenvalue weighted by molar-refractivity contribution is -0.282. The van der Waals surface area contributed by atoms with Crippen LogP contribution in [-0.2, 0) is 9.47 Å². The molecule has 186 valence electrons. The molecule has 1 aromatic carbocycles. The van der Waals surface area contributed by atoms with Gasteiger partial charge in [0, 0.05) is 0 Å². The number of rotatable bonds is 7. The molecule has 10 atom stereocenters. The number of carboxylic acids is 1. The predicted molar refractivity (Wildman–Crippen MR) is 102 cm³/mol. The molecule has 0 aromatic heterocycles. The van der Waals surface area contributed by atoms with Gasteiger partial charge in [-0.25, -0.2) is 4.79 Å². The zero-order chi connectivity index (χ0) is 24.4. The zero-order valence-electron chi connectivity index (χ0n) is 17.0. The summed E-state index contributed by atoms with van der Waals surface area (Å²) in [6.45, 7) is -1.44. The van der Waals surface area contributed by atoms with Gasteiger partial charge in [0.25, 0.3) is 0 Å². The molecule has 0 amide bonds. The first-order valence-corrected chi connectivity index (χ1v) is 9.90. The molecule has 3 rings (SSSR count). The van der Waals surface area contributed by atoms with Crippen LogP contribution in [0.3, 0.4) is 0 Å². The number of aliphatic hydroxyl groups excluding tert-OH is 8. The van der Waals surface area contributed by atoms with Gasteiger partial charge in [0.15, 0.2) is 11.5 Å². The van der Waals surface area contributed by atoms with Crippen LogP contribution < -0.4 is 9.47 Å². The Morgan fingerprint density at radius 1 is 0.727 bits per heavy atom. The highest BCUT2D eigenvalue weighted by molar-refractivity contribution is 5.88. The Balaban J connectivity index is 1.88. The van der Waals surface area contributed by atoms with Crippen LogP contribution in [0.2, 0.25) is 0 Å². The molecule has 2 saturated heterocycles. The number of hydrogen-bond acceptors (Lipinski definition) is 13. The predicted octanol–water partition coefficient (Wildman–Crippen LogP) is -4.26. The molecular weight excluding hydrogens is 452 g/mol. The van der Waals surface area contributed by atoms with E-state index < -0.39 is 80.6 Å². The topological polar surface area (TPSA) is 236 Å². The van der Waals surface area contributed by atoms with E-state index in [1.807, 2.05) is 0 Å². The minimum Gasteiger partial charge on any atom is -0.478 e. The van der Waals surface area contributed by atoms with Gasteiger partial charge in [0.05, 0.1) is 18.8 Å². The molecule has 2 fully saturated rings. The van der Waals surface area contributed by atoms with Gasteiger partial charge >= 0.3 is 5.97 Å². The molecule has 2 aliphatic rings. The van der Waals surface area contributed by atoms with E-state index in [2.05, 4.69) is 0 Å². The van der Waals surface area contributed by atoms with Crippen LogP contribution in [0, 0.1) is 0 Å². The Morgan fingerprint density at radius 3 is 1.61 bits per heavy atom.